The number of carbonyl (C=O) groups is 1. The molecular formula is C12H16BrFN2O2. The molecule has 1 amide bonds. The Labute approximate surface area is 114 Å². The van der Waals surface area contributed by atoms with Crippen LogP contribution in [0.4, 0.5) is 4.39 Å². The fourth-order valence-electron chi connectivity index (χ4n) is 1.28. The van der Waals surface area contributed by atoms with Gasteiger partial charge in [-0.1, -0.05) is 15.9 Å². The molecule has 0 aromatic heterocycles. The van der Waals surface area contributed by atoms with Crippen LogP contribution in [0.5, 0.6) is 5.75 Å². The van der Waals surface area contributed by atoms with Crippen LogP contribution in [0.2, 0.25) is 0 Å². The SMILES string of the molecule is NCCCCNC(=O)COc1ccc(Br)cc1F. The number of carbonyl (C=O) groups excluding carboxylic acids is 1. The molecule has 0 saturated heterocycles. The highest BCUT2D eigenvalue weighted by molar-refractivity contribution is 9.10. The molecule has 0 atom stereocenters. The van der Waals surface area contributed by atoms with E-state index in [9.17, 15) is 9.18 Å². The molecule has 0 spiro atoms. The molecule has 0 radical (unpaired) electrons. The van der Waals surface area contributed by atoms with Crippen LogP contribution in [0.3, 0.4) is 0 Å². The molecule has 6 heteroatoms. The van der Waals surface area contributed by atoms with E-state index in [1.165, 1.54) is 12.1 Å². The molecule has 1 rings (SSSR count). The minimum Gasteiger partial charge on any atom is -0.481 e. The van der Waals surface area contributed by atoms with E-state index in [-0.39, 0.29) is 18.3 Å². The predicted octanol–water partition coefficient (Wildman–Crippen LogP) is 1.82. The highest BCUT2D eigenvalue weighted by Crippen LogP contribution is 2.21. The second kappa shape index (κ2) is 8.05. The van der Waals surface area contributed by atoms with Gasteiger partial charge in [-0.15, -0.1) is 0 Å². The Morgan fingerprint density at radius 2 is 2.22 bits per heavy atom. The zero-order valence-corrected chi connectivity index (χ0v) is 11.5. The molecule has 1 aromatic carbocycles. The first-order chi connectivity index (χ1) is 8.63. The number of rotatable bonds is 7. The van der Waals surface area contributed by atoms with Crippen molar-refractivity contribution in [1.29, 1.82) is 0 Å². The van der Waals surface area contributed by atoms with Crippen LogP contribution < -0.4 is 15.8 Å². The van der Waals surface area contributed by atoms with E-state index >= 15 is 0 Å². The van der Waals surface area contributed by atoms with E-state index in [2.05, 4.69) is 21.2 Å². The molecule has 100 valence electrons. The third-order valence-electron chi connectivity index (χ3n) is 2.21. The lowest BCUT2D eigenvalue weighted by Crippen LogP contribution is -2.30. The van der Waals surface area contributed by atoms with Gasteiger partial charge >= 0.3 is 0 Å². The zero-order valence-electron chi connectivity index (χ0n) is 9.92. The number of nitrogens with two attached hydrogens (primary N) is 1. The first kappa shape index (κ1) is 14.9. The van der Waals surface area contributed by atoms with Gasteiger partial charge in [-0.3, -0.25) is 4.79 Å². The molecule has 3 N–H and O–H groups in total. The predicted molar refractivity (Wildman–Crippen MR) is 70.9 cm³/mol. The third kappa shape index (κ3) is 5.46. The van der Waals surface area contributed by atoms with Gasteiger partial charge in [0.1, 0.15) is 0 Å². The van der Waals surface area contributed by atoms with Crippen molar-refractivity contribution in [2.75, 3.05) is 19.7 Å². The molecule has 0 aliphatic carbocycles. The maximum Gasteiger partial charge on any atom is 0.257 e. The Balaban J connectivity index is 2.29. The number of unbranched alkanes of at least 4 members (excludes halogenated alkanes) is 1. The van der Waals surface area contributed by atoms with Crippen molar-refractivity contribution in [2.24, 2.45) is 5.73 Å². The first-order valence-electron chi connectivity index (χ1n) is 5.68. The van der Waals surface area contributed by atoms with Gasteiger partial charge in [-0.2, -0.15) is 0 Å². The summed E-state index contributed by atoms with van der Waals surface area (Å²) in [6, 6.07) is 4.41. The number of benzene rings is 1. The largest absolute Gasteiger partial charge is 0.481 e. The zero-order chi connectivity index (χ0) is 13.4. The smallest absolute Gasteiger partial charge is 0.257 e. The molecular weight excluding hydrogens is 303 g/mol. The number of ether oxygens (including phenoxy) is 1. The van der Waals surface area contributed by atoms with Gasteiger partial charge in [0.05, 0.1) is 0 Å². The van der Waals surface area contributed by atoms with Crippen LogP contribution in [0.25, 0.3) is 0 Å². The fourth-order valence-corrected chi connectivity index (χ4v) is 1.62. The quantitative estimate of drug-likeness (QED) is 0.754. The summed E-state index contributed by atoms with van der Waals surface area (Å²) in [7, 11) is 0. The van der Waals surface area contributed by atoms with Crippen molar-refractivity contribution in [3.63, 3.8) is 0 Å². The van der Waals surface area contributed by atoms with E-state index in [1.807, 2.05) is 0 Å². The van der Waals surface area contributed by atoms with E-state index in [1.54, 1.807) is 6.07 Å². The van der Waals surface area contributed by atoms with Crippen LogP contribution in [-0.4, -0.2) is 25.6 Å². The number of halogens is 2. The van der Waals surface area contributed by atoms with E-state index in [0.717, 1.165) is 12.8 Å². The van der Waals surface area contributed by atoms with Crippen LogP contribution >= 0.6 is 15.9 Å². The van der Waals surface area contributed by atoms with Crippen molar-refractivity contribution in [3.05, 3.63) is 28.5 Å². The normalized spacial score (nSPS) is 10.2. The number of hydrogen-bond acceptors (Lipinski definition) is 3. The second-order valence-corrected chi connectivity index (χ2v) is 4.62. The highest BCUT2D eigenvalue weighted by Gasteiger charge is 2.06. The average molecular weight is 319 g/mol. The lowest BCUT2D eigenvalue weighted by atomic mass is 10.3. The molecule has 18 heavy (non-hydrogen) atoms. The van der Waals surface area contributed by atoms with Gasteiger partial charge in [0, 0.05) is 11.0 Å². The minimum absolute atomic E-state index is 0.0651. The summed E-state index contributed by atoms with van der Waals surface area (Å²) in [6.45, 7) is 0.972. The highest BCUT2D eigenvalue weighted by atomic mass is 79.9. The first-order valence-corrected chi connectivity index (χ1v) is 6.47. The molecule has 0 fully saturated rings. The summed E-state index contributed by atoms with van der Waals surface area (Å²) in [5.41, 5.74) is 5.33. The Kier molecular flexibility index (Phi) is 6.67. The fraction of sp³-hybridized carbons (Fsp3) is 0.417. The molecule has 1 aromatic rings. The molecule has 0 saturated carbocycles. The van der Waals surface area contributed by atoms with Gasteiger partial charge in [0.25, 0.3) is 5.91 Å². The maximum absolute atomic E-state index is 13.4. The molecule has 0 aliphatic heterocycles. The summed E-state index contributed by atoms with van der Waals surface area (Å²) in [5.74, 6) is -0.704. The Bertz CT molecular complexity index is 402. The minimum atomic E-state index is -0.500. The average Bonchev–Trinajstić information content (AvgIpc) is 2.33. The summed E-state index contributed by atoms with van der Waals surface area (Å²) in [6.07, 6.45) is 1.69. The Morgan fingerprint density at radius 1 is 1.44 bits per heavy atom. The topological polar surface area (TPSA) is 64.3 Å². The lowest BCUT2D eigenvalue weighted by molar-refractivity contribution is -0.123. The third-order valence-corrected chi connectivity index (χ3v) is 2.70. The molecule has 4 nitrogen and oxygen atoms in total. The van der Waals surface area contributed by atoms with Crippen LogP contribution in [0, 0.1) is 5.82 Å². The van der Waals surface area contributed by atoms with Crippen LogP contribution in [0.1, 0.15) is 12.8 Å². The van der Waals surface area contributed by atoms with Gasteiger partial charge < -0.3 is 15.8 Å². The Morgan fingerprint density at radius 3 is 2.89 bits per heavy atom. The molecule has 0 aliphatic rings. The van der Waals surface area contributed by atoms with Crippen molar-refractivity contribution in [1.82, 2.24) is 5.32 Å². The second-order valence-electron chi connectivity index (χ2n) is 3.71. The van der Waals surface area contributed by atoms with Gasteiger partial charge in [-0.25, -0.2) is 4.39 Å². The standard InChI is InChI=1S/C12H16BrFN2O2/c13-9-3-4-11(10(14)7-9)18-8-12(17)16-6-2-1-5-15/h3-4,7H,1-2,5-6,8,15H2,(H,16,17). The molecule has 0 unspecified atom stereocenters. The summed E-state index contributed by atoms with van der Waals surface area (Å²) in [5, 5.41) is 2.67. The van der Waals surface area contributed by atoms with E-state index in [0.29, 0.717) is 17.6 Å². The maximum atomic E-state index is 13.4. The van der Waals surface area contributed by atoms with Crippen molar-refractivity contribution in [3.8, 4) is 5.75 Å². The van der Waals surface area contributed by atoms with Gasteiger partial charge in [-0.05, 0) is 37.6 Å². The monoisotopic (exact) mass is 318 g/mol. The van der Waals surface area contributed by atoms with Crippen LogP contribution in [-0.2, 0) is 4.79 Å². The van der Waals surface area contributed by atoms with E-state index < -0.39 is 5.82 Å². The van der Waals surface area contributed by atoms with Gasteiger partial charge in [0.15, 0.2) is 18.2 Å². The number of hydrogen-bond donors (Lipinski definition) is 2. The molecule has 0 heterocycles. The van der Waals surface area contributed by atoms with Crippen LogP contribution in [0.15, 0.2) is 22.7 Å². The van der Waals surface area contributed by atoms with Gasteiger partial charge in [0.2, 0.25) is 0 Å². The number of nitrogens with one attached hydrogen (secondary N) is 1. The van der Waals surface area contributed by atoms with Crippen molar-refractivity contribution in [2.45, 2.75) is 12.8 Å². The van der Waals surface area contributed by atoms with Crippen molar-refractivity contribution >= 4 is 21.8 Å². The number of amides is 1. The summed E-state index contributed by atoms with van der Waals surface area (Å²) >= 11 is 3.14. The van der Waals surface area contributed by atoms with E-state index in [4.69, 9.17) is 10.5 Å². The lowest BCUT2D eigenvalue weighted by Gasteiger charge is -2.08. The summed E-state index contributed by atoms with van der Waals surface area (Å²) < 4.78 is 19.1. The molecule has 0 bridgehead atoms. The Hall–Kier alpha value is -1.14. The summed E-state index contributed by atoms with van der Waals surface area (Å²) in [4.78, 5) is 11.4. The van der Waals surface area contributed by atoms with Crippen molar-refractivity contribution < 1.29 is 13.9 Å².